The molecule has 0 amide bonds. The lowest BCUT2D eigenvalue weighted by atomic mass is 9.95. The standard InChI is InChI=1S/C17H23N3/c1-2-14-17-16(11-10-15(18-17)12-8-9-12)20(19-14)13-6-4-3-5-7-13/h2,12-13H,1,3-11H2. The van der Waals surface area contributed by atoms with Gasteiger partial charge in [-0.25, -0.2) is 0 Å². The lowest BCUT2D eigenvalue weighted by molar-refractivity contribution is 0.322. The van der Waals surface area contributed by atoms with E-state index in [4.69, 9.17) is 10.1 Å². The second-order valence-corrected chi connectivity index (χ2v) is 6.50. The highest BCUT2D eigenvalue weighted by Gasteiger charge is 2.32. The molecule has 0 spiro atoms. The Morgan fingerprint density at radius 3 is 2.55 bits per heavy atom. The van der Waals surface area contributed by atoms with Gasteiger partial charge < -0.3 is 0 Å². The van der Waals surface area contributed by atoms with Crippen molar-refractivity contribution in [2.75, 3.05) is 0 Å². The van der Waals surface area contributed by atoms with Crippen molar-refractivity contribution < 1.29 is 0 Å². The zero-order valence-electron chi connectivity index (χ0n) is 12.1. The lowest BCUT2D eigenvalue weighted by Gasteiger charge is -2.25. The molecule has 1 aromatic heterocycles. The van der Waals surface area contributed by atoms with Crippen LogP contribution in [0.25, 0.3) is 6.08 Å². The van der Waals surface area contributed by atoms with Crippen molar-refractivity contribution in [3.05, 3.63) is 18.0 Å². The van der Waals surface area contributed by atoms with Crippen LogP contribution >= 0.6 is 0 Å². The van der Waals surface area contributed by atoms with E-state index in [1.807, 2.05) is 6.08 Å². The molecule has 1 aromatic rings. The van der Waals surface area contributed by atoms with E-state index in [2.05, 4.69) is 11.3 Å². The first-order valence-corrected chi connectivity index (χ1v) is 8.18. The molecule has 4 rings (SSSR count). The molecule has 106 valence electrons. The average molecular weight is 269 g/mol. The van der Waals surface area contributed by atoms with Gasteiger partial charge in [-0.3, -0.25) is 9.67 Å². The summed E-state index contributed by atoms with van der Waals surface area (Å²) in [7, 11) is 0. The van der Waals surface area contributed by atoms with Gasteiger partial charge in [-0.05, 0) is 50.5 Å². The van der Waals surface area contributed by atoms with Gasteiger partial charge in [0.1, 0.15) is 11.4 Å². The molecule has 3 nitrogen and oxygen atoms in total. The summed E-state index contributed by atoms with van der Waals surface area (Å²) in [6.45, 7) is 3.94. The van der Waals surface area contributed by atoms with Crippen LogP contribution in [0.15, 0.2) is 11.6 Å². The molecule has 2 fully saturated rings. The minimum atomic E-state index is 0.601. The quantitative estimate of drug-likeness (QED) is 0.796. The fraction of sp³-hybridized carbons (Fsp3) is 0.647. The third-order valence-electron chi connectivity index (χ3n) is 5.04. The van der Waals surface area contributed by atoms with Crippen LogP contribution in [0.2, 0.25) is 0 Å². The monoisotopic (exact) mass is 269 g/mol. The van der Waals surface area contributed by atoms with E-state index in [0.717, 1.165) is 30.1 Å². The number of hydrogen-bond acceptors (Lipinski definition) is 2. The topological polar surface area (TPSA) is 30.2 Å². The van der Waals surface area contributed by atoms with Crippen molar-refractivity contribution in [1.29, 1.82) is 0 Å². The molecular formula is C17H23N3. The van der Waals surface area contributed by atoms with Crippen molar-refractivity contribution >= 4 is 17.5 Å². The Balaban J connectivity index is 1.73. The van der Waals surface area contributed by atoms with Gasteiger partial charge in [-0.15, -0.1) is 0 Å². The maximum Gasteiger partial charge on any atom is 0.111 e. The molecule has 0 saturated heterocycles. The third-order valence-corrected chi connectivity index (χ3v) is 5.04. The van der Waals surface area contributed by atoms with Crippen molar-refractivity contribution in [2.45, 2.75) is 63.8 Å². The molecule has 2 saturated carbocycles. The molecule has 1 aliphatic heterocycles. The molecule has 0 aromatic carbocycles. The Bertz CT molecular complexity index is 557. The second-order valence-electron chi connectivity index (χ2n) is 6.50. The maximum atomic E-state index is 4.96. The zero-order valence-corrected chi connectivity index (χ0v) is 12.1. The van der Waals surface area contributed by atoms with Gasteiger partial charge in [0.25, 0.3) is 0 Å². The number of fused-ring (bicyclic) bond motifs is 1. The molecule has 0 atom stereocenters. The summed E-state index contributed by atoms with van der Waals surface area (Å²) in [5.41, 5.74) is 4.93. The van der Waals surface area contributed by atoms with Crippen LogP contribution in [0.5, 0.6) is 0 Å². The molecule has 0 bridgehead atoms. The molecule has 0 N–H and O–H groups in total. The second kappa shape index (κ2) is 4.87. The third kappa shape index (κ3) is 2.04. The summed E-state index contributed by atoms with van der Waals surface area (Å²) in [5, 5.41) is 4.84. The van der Waals surface area contributed by atoms with E-state index in [9.17, 15) is 0 Å². The van der Waals surface area contributed by atoms with Gasteiger partial charge in [-0.1, -0.05) is 25.8 Å². The average Bonchev–Trinajstić information content (AvgIpc) is 3.29. The van der Waals surface area contributed by atoms with Crippen molar-refractivity contribution in [3.8, 4) is 0 Å². The van der Waals surface area contributed by atoms with Crippen molar-refractivity contribution in [3.63, 3.8) is 0 Å². The highest BCUT2D eigenvalue weighted by molar-refractivity contribution is 5.93. The number of aromatic nitrogens is 2. The number of hydrogen-bond donors (Lipinski definition) is 0. The lowest BCUT2D eigenvalue weighted by Crippen LogP contribution is -2.18. The predicted molar refractivity (Wildman–Crippen MR) is 82.6 cm³/mol. The molecule has 0 radical (unpaired) electrons. The van der Waals surface area contributed by atoms with Crippen LogP contribution in [0, 0.1) is 5.92 Å². The van der Waals surface area contributed by atoms with Gasteiger partial charge in [-0.2, -0.15) is 5.10 Å². The Morgan fingerprint density at radius 2 is 1.85 bits per heavy atom. The van der Waals surface area contributed by atoms with Gasteiger partial charge in [0.15, 0.2) is 0 Å². The largest absolute Gasteiger partial charge is 0.264 e. The first-order valence-electron chi connectivity index (χ1n) is 8.18. The SMILES string of the molecule is C=Cc1nn(C2CCCCC2)c2c1N=C(C1CC1)CC2. The Morgan fingerprint density at radius 1 is 1.05 bits per heavy atom. The number of rotatable bonds is 3. The molecule has 20 heavy (non-hydrogen) atoms. The van der Waals surface area contributed by atoms with Crippen LogP contribution in [0.3, 0.4) is 0 Å². The van der Waals surface area contributed by atoms with Crippen LogP contribution in [0.4, 0.5) is 5.69 Å². The van der Waals surface area contributed by atoms with Gasteiger partial charge in [0, 0.05) is 5.71 Å². The smallest absolute Gasteiger partial charge is 0.111 e. The first kappa shape index (κ1) is 12.4. The van der Waals surface area contributed by atoms with Gasteiger partial charge in [0.05, 0.1) is 11.7 Å². The highest BCUT2D eigenvalue weighted by Crippen LogP contribution is 2.41. The zero-order chi connectivity index (χ0) is 13.5. The minimum absolute atomic E-state index is 0.601. The Hall–Kier alpha value is -1.38. The Labute approximate surface area is 120 Å². The molecule has 3 aliphatic rings. The molecule has 2 heterocycles. The van der Waals surface area contributed by atoms with Crippen LogP contribution in [0.1, 0.15) is 68.8 Å². The summed E-state index contributed by atoms with van der Waals surface area (Å²) >= 11 is 0. The fourth-order valence-electron chi connectivity index (χ4n) is 3.76. The normalized spacial score (nSPS) is 23.3. The van der Waals surface area contributed by atoms with E-state index in [1.54, 1.807) is 0 Å². The maximum absolute atomic E-state index is 4.96. The summed E-state index contributed by atoms with van der Waals surface area (Å²) in [5.74, 6) is 0.777. The van der Waals surface area contributed by atoms with E-state index in [-0.39, 0.29) is 0 Å². The highest BCUT2D eigenvalue weighted by atomic mass is 15.3. The van der Waals surface area contributed by atoms with E-state index in [1.165, 1.54) is 56.4 Å². The van der Waals surface area contributed by atoms with E-state index in [0.29, 0.717) is 6.04 Å². The number of nitrogens with zero attached hydrogens (tertiary/aromatic N) is 3. The summed E-state index contributed by atoms with van der Waals surface area (Å²) < 4.78 is 2.30. The van der Waals surface area contributed by atoms with Crippen LogP contribution in [-0.2, 0) is 6.42 Å². The molecular weight excluding hydrogens is 246 g/mol. The Kier molecular flexibility index (Phi) is 3.01. The fourth-order valence-corrected chi connectivity index (χ4v) is 3.76. The molecule has 0 unspecified atom stereocenters. The van der Waals surface area contributed by atoms with Crippen LogP contribution < -0.4 is 0 Å². The molecule has 2 aliphatic carbocycles. The summed E-state index contributed by atoms with van der Waals surface area (Å²) in [6.07, 6.45) is 13.5. The molecule has 3 heteroatoms. The minimum Gasteiger partial charge on any atom is -0.264 e. The van der Waals surface area contributed by atoms with Crippen molar-refractivity contribution in [2.24, 2.45) is 10.9 Å². The van der Waals surface area contributed by atoms with Crippen LogP contribution in [-0.4, -0.2) is 15.5 Å². The van der Waals surface area contributed by atoms with Crippen molar-refractivity contribution in [1.82, 2.24) is 9.78 Å². The number of aliphatic imine (C=N–C) groups is 1. The first-order chi connectivity index (χ1) is 9.86. The summed E-state index contributed by atoms with van der Waals surface area (Å²) in [6, 6.07) is 0.601. The van der Waals surface area contributed by atoms with E-state index < -0.39 is 0 Å². The van der Waals surface area contributed by atoms with Gasteiger partial charge >= 0.3 is 0 Å². The summed E-state index contributed by atoms with van der Waals surface area (Å²) in [4.78, 5) is 4.96. The predicted octanol–water partition coefficient (Wildman–Crippen LogP) is 4.46. The van der Waals surface area contributed by atoms with Gasteiger partial charge in [0.2, 0.25) is 0 Å². The van der Waals surface area contributed by atoms with E-state index >= 15 is 0 Å².